The Balaban J connectivity index is 1.17. The van der Waals surface area contributed by atoms with E-state index in [0.717, 1.165) is 17.5 Å². The van der Waals surface area contributed by atoms with Gasteiger partial charge in [0, 0.05) is 6.08 Å². The van der Waals surface area contributed by atoms with Crippen LogP contribution in [0.4, 0.5) is 0 Å². The number of benzene rings is 2. The smallest absolute Gasteiger partial charge is 0.314 e. The van der Waals surface area contributed by atoms with Crippen molar-refractivity contribution >= 4 is 23.9 Å². The Morgan fingerprint density at radius 1 is 0.674 bits per heavy atom. The summed E-state index contributed by atoms with van der Waals surface area (Å²) in [5, 5.41) is 0. The molecule has 0 amide bonds. The fourth-order valence-electron chi connectivity index (χ4n) is 5.76. The Labute approximate surface area is 271 Å². The van der Waals surface area contributed by atoms with Crippen LogP contribution in [0.25, 0.3) is 0 Å². The van der Waals surface area contributed by atoms with Crippen LogP contribution in [-0.2, 0) is 28.7 Å². The van der Waals surface area contributed by atoms with Crippen molar-refractivity contribution in [3.05, 3.63) is 83.6 Å². The maximum absolute atomic E-state index is 12.9. The van der Waals surface area contributed by atoms with Crippen molar-refractivity contribution in [2.24, 2.45) is 23.7 Å². The first-order valence-corrected chi connectivity index (χ1v) is 16.0. The zero-order chi connectivity index (χ0) is 32.9. The first-order chi connectivity index (χ1) is 22.2. The average molecular weight is 627 g/mol. The zero-order valence-electron chi connectivity index (χ0n) is 26.6. The van der Waals surface area contributed by atoms with Gasteiger partial charge in [0.15, 0.2) is 0 Å². The second-order valence-corrected chi connectivity index (χ2v) is 12.1. The van der Waals surface area contributed by atoms with Crippen LogP contribution in [0.2, 0.25) is 0 Å². The normalized spacial score (nSPS) is 21.8. The molecule has 0 radical (unpaired) electrons. The van der Waals surface area contributed by atoms with E-state index >= 15 is 0 Å². The van der Waals surface area contributed by atoms with Gasteiger partial charge in [0.1, 0.15) is 23.9 Å². The number of aryl methyl sites for hydroxylation is 2. The third-order valence-electron chi connectivity index (χ3n) is 8.56. The van der Waals surface area contributed by atoms with Crippen molar-refractivity contribution in [1.82, 2.24) is 0 Å². The van der Waals surface area contributed by atoms with Crippen LogP contribution < -0.4 is 9.47 Å². The van der Waals surface area contributed by atoms with E-state index in [1.807, 2.05) is 38.1 Å². The van der Waals surface area contributed by atoms with Gasteiger partial charge >= 0.3 is 23.9 Å². The summed E-state index contributed by atoms with van der Waals surface area (Å²) < 4.78 is 22.1. The third kappa shape index (κ3) is 10.5. The van der Waals surface area contributed by atoms with Gasteiger partial charge in [0.25, 0.3) is 0 Å². The maximum Gasteiger partial charge on any atom is 0.314 e. The number of carbonyl (C=O) groups is 4. The van der Waals surface area contributed by atoms with Gasteiger partial charge in [-0.05, 0) is 102 Å². The predicted molar refractivity (Wildman–Crippen MR) is 172 cm³/mol. The van der Waals surface area contributed by atoms with Crippen molar-refractivity contribution in [2.75, 3.05) is 6.61 Å². The molecule has 0 bridgehead atoms. The van der Waals surface area contributed by atoms with E-state index in [2.05, 4.69) is 5.92 Å². The van der Waals surface area contributed by atoms with E-state index in [4.69, 9.17) is 25.4 Å². The van der Waals surface area contributed by atoms with Crippen molar-refractivity contribution in [3.8, 4) is 23.8 Å². The molecule has 0 saturated heterocycles. The monoisotopic (exact) mass is 626 g/mol. The molecule has 0 aliphatic heterocycles. The van der Waals surface area contributed by atoms with E-state index in [9.17, 15) is 19.2 Å². The van der Waals surface area contributed by atoms with Gasteiger partial charge in [-0.2, -0.15) is 0 Å². The molecule has 2 aliphatic rings. The van der Waals surface area contributed by atoms with E-state index in [1.54, 1.807) is 30.3 Å². The van der Waals surface area contributed by atoms with Gasteiger partial charge in [0.2, 0.25) is 0 Å². The van der Waals surface area contributed by atoms with Crippen LogP contribution in [-0.4, -0.2) is 30.5 Å². The molecule has 2 unspecified atom stereocenters. The molecule has 2 atom stereocenters. The van der Waals surface area contributed by atoms with Gasteiger partial charge in [-0.3, -0.25) is 19.2 Å². The molecule has 2 fully saturated rings. The molecule has 2 aliphatic carbocycles. The Morgan fingerprint density at radius 2 is 1.11 bits per heavy atom. The zero-order valence-corrected chi connectivity index (χ0v) is 26.6. The molecular weight excluding hydrogens is 584 g/mol. The number of hydrogen-bond donors (Lipinski definition) is 0. The summed E-state index contributed by atoms with van der Waals surface area (Å²) in [6, 6.07) is 14.7. The molecule has 4 rings (SSSR count). The number of hydrogen-bond acceptors (Lipinski definition) is 8. The van der Waals surface area contributed by atoms with Crippen LogP contribution in [0.1, 0.15) is 68.9 Å². The van der Waals surface area contributed by atoms with Crippen molar-refractivity contribution in [1.29, 1.82) is 0 Å². The number of ether oxygens (including phenoxy) is 4. The van der Waals surface area contributed by atoms with E-state index in [0.29, 0.717) is 62.9 Å². The van der Waals surface area contributed by atoms with Crippen molar-refractivity contribution in [2.45, 2.75) is 71.6 Å². The number of rotatable bonds is 10. The second kappa shape index (κ2) is 17.2. The van der Waals surface area contributed by atoms with Crippen LogP contribution in [0.15, 0.2) is 72.5 Å². The first kappa shape index (κ1) is 34.2. The summed E-state index contributed by atoms with van der Waals surface area (Å²) in [5.41, 5.74) is 2.17. The Morgan fingerprint density at radius 3 is 1.59 bits per heavy atom. The highest BCUT2D eigenvalue weighted by Gasteiger charge is 2.32. The van der Waals surface area contributed by atoms with Crippen LogP contribution >= 0.6 is 0 Å². The van der Waals surface area contributed by atoms with Gasteiger partial charge in [-0.25, -0.2) is 0 Å². The summed E-state index contributed by atoms with van der Waals surface area (Å²) in [6.07, 6.45) is 15.1. The van der Waals surface area contributed by atoms with Crippen LogP contribution in [0, 0.1) is 49.9 Å². The number of carbonyl (C=O) groups excluding carboxylic acids is 4. The summed E-state index contributed by atoms with van der Waals surface area (Å²) in [4.78, 5) is 50.9. The van der Waals surface area contributed by atoms with Crippen molar-refractivity contribution < 1.29 is 38.1 Å². The largest absolute Gasteiger partial charge is 0.461 e. The minimum atomic E-state index is -0.414. The molecule has 0 heterocycles. The van der Waals surface area contributed by atoms with Gasteiger partial charge in [0.05, 0.1) is 23.7 Å². The number of terminal acetylenes is 1. The van der Waals surface area contributed by atoms with Gasteiger partial charge < -0.3 is 18.9 Å². The SMILES string of the molecule is C#C/C=C(\C=C/COC(=O)C1CCCC(C(=O)Oc2ccc(C)cc2)CC1)OC(=O)C1CCC(C(=O)Oc2ccc(C)cc2)CC1. The molecule has 0 N–H and O–H groups in total. The lowest BCUT2D eigenvalue weighted by Gasteiger charge is -2.25. The third-order valence-corrected chi connectivity index (χ3v) is 8.56. The molecule has 242 valence electrons. The number of allylic oxidation sites excluding steroid dienone is 2. The van der Waals surface area contributed by atoms with E-state index in [1.165, 1.54) is 12.2 Å². The molecule has 8 heteroatoms. The molecule has 2 aromatic rings. The van der Waals surface area contributed by atoms with Crippen LogP contribution in [0.3, 0.4) is 0 Å². The summed E-state index contributed by atoms with van der Waals surface area (Å²) in [6.45, 7) is 3.92. The molecule has 2 aromatic carbocycles. The molecule has 0 aromatic heterocycles. The standard InChI is InChI=1S/C38H42O8/c1-4-7-32(44-37(41)30-17-19-31(20-18-30)38(42)46-34-23-13-27(3)14-24-34)10-6-25-43-35(39)28-8-5-9-29(16-15-28)36(40)45-33-21-11-26(2)12-22-33/h1,6-7,10-14,21-24,28-31H,5,8-9,15-20,25H2,2-3H3/b10-6-,32-7+. The molecule has 8 nitrogen and oxygen atoms in total. The second-order valence-electron chi connectivity index (χ2n) is 12.1. The van der Waals surface area contributed by atoms with Gasteiger partial charge in [-0.1, -0.05) is 47.7 Å². The Hall–Kier alpha value is -4.64. The highest BCUT2D eigenvalue weighted by Crippen LogP contribution is 2.32. The summed E-state index contributed by atoms with van der Waals surface area (Å²) in [5.74, 6) is 1.10. The molecular formula is C38H42O8. The molecule has 2 saturated carbocycles. The van der Waals surface area contributed by atoms with E-state index in [-0.39, 0.29) is 53.9 Å². The highest BCUT2D eigenvalue weighted by molar-refractivity contribution is 5.78. The lowest BCUT2D eigenvalue weighted by molar-refractivity contribution is -0.148. The number of esters is 4. The first-order valence-electron chi connectivity index (χ1n) is 16.0. The average Bonchev–Trinajstić information content (AvgIpc) is 3.32. The minimum Gasteiger partial charge on any atom is -0.461 e. The molecule has 0 spiro atoms. The highest BCUT2D eigenvalue weighted by atomic mass is 16.5. The maximum atomic E-state index is 12.9. The molecule has 46 heavy (non-hydrogen) atoms. The Bertz CT molecular complexity index is 1450. The fourth-order valence-corrected chi connectivity index (χ4v) is 5.76. The topological polar surface area (TPSA) is 105 Å². The summed E-state index contributed by atoms with van der Waals surface area (Å²) in [7, 11) is 0. The van der Waals surface area contributed by atoms with E-state index < -0.39 is 5.97 Å². The summed E-state index contributed by atoms with van der Waals surface area (Å²) >= 11 is 0. The van der Waals surface area contributed by atoms with Crippen LogP contribution in [0.5, 0.6) is 11.5 Å². The minimum absolute atomic E-state index is 0.0120. The Kier molecular flexibility index (Phi) is 12.8. The lowest BCUT2D eigenvalue weighted by Crippen LogP contribution is -2.29. The van der Waals surface area contributed by atoms with Crippen molar-refractivity contribution in [3.63, 3.8) is 0 Å². The van der Waals surface area contributed by atoms with Gasteiger partial charge in [-0.15, -0.1) is 6.42 Å². The predicted octanol–water partition coefficient (Wildman–Crippen LogP) is 6.98. The quantitative estimate of drug-likeness (QED) is 0.0695. The fraction of sp³-hybridized carbons (Fsp3) is 0.421. The lowest BCUT2D eigenvalue weighted by atomic mass is 9.82.